The van der Waals surface area contributed by atoms with Crippen molar-refractivity contribution in [2.75, 3.05) is 13.2 Å². The third kappa shape index (κ3) is 4.50. The van der Waals surface area contributed by atoms with Crippen LogP contribution in [0, 0.1) is 0 Å². The Morgan fingerprint density at radius 3 is 2.89 bits per heavy atom. The number of rotatable bonds is 4. The molecule has 0 spiro atoms. The molecule has 0 radical (unpaired) electrons. The lowest BCUT2D eigenvalue weighted by molar-refractivity contribution is 0.0255. The van der Waals surface area contributed by atoms with E-state index >= 15 is 0 Å². The van der Waals surface area contributed by atoms with Gasteiger partial charge < -0.3 is 15.2 Å². The molecule has 1 aromatic rings. The number of hydrogen-bond donors (Lipinski definition) is 2. The molecule has 1 saturated heterocycles. The van der Waals surface area contributed by atoms with E-state index in [1.165, 1.54) is 0 Å². The van der Waals surface area contributed by atoms with E-state index in [2.05, 4.69) is 22.7 Å². The molecule has 0 amide bonds. The quantitative estimate of drug-likeness (QED) is 0.495. The first-order valence-electron chi connectivity index (χ1n) is 6.17. The summed E-state index contributed by atoms with van der Waals surface area (Å²) in [4.78, 5) is 0. The summed E-state index contributed by atoms with van der Waals surface area (Å²) in [6.45, 7) is 1.51. The number of ether oxygens (including phenoxy) is 2. The lowest BCUT2D eigenvalue weighted by atomic mass is 10.1. The Kier molecular flexibility index (Phi) is 5.11. The molecule has 0 saturated carbocycles. The Labute approximate surface area is 117 Å². The summed E-state index contributed by atoms with van der Waals surface area (Å²) in [5, 5.41) is 4.09. The summed E-state index contributed by atoms with van der Waals surface area (Å²) in [5.74, 6) is 0.808. The minimum absolute atomic E-state index is 0.138. The van der Waals surface area contributed by atoms with Gasteiger partial charge in [0, 0.05) is 18.4 Å². The number of nitrogens with two attached hydrogens (primary N) is 1. The number of hydrogen-bond acceptors (Lipinski definition) is 4. The molecule has 0 bridgehead atoms. The van der Waals surface area contributed by atoms with Gasteiger partial charge in [-0.2, -0.15) is 5.10 Å². The summed E-state index contributed by atoms with van der Waals surface area (Å²) < 4.78 is 11.3. The van der Waals surface area contributed by atoms with Gasteiger partial charge in [0.1, 0.15) is 11.9 Å². The maximum Gasteiger partial charge on any atom is 0.184 e. The zero-order valence-electron chi connectivity index (χ0n) is 10.5. The van der Waals surface area contributed by atoms with Crippen molar-refractivity contribution in [2.24, 2.45) is 10.8 Å². The second kappa shape index (κ2) is 7.06. The van der Waals surface area contributed by atoms with E-state index < -0.39 is 0 Å². The zero-order valence-corrected chi connectivity index (χ0v) is 11.4. The van der Waals surface area contributed by atoms with Gasteiger partial charge in [-0.15, -0.1) is 0 Å². The largest absolute Gasteiger partial charge is 0.490 e. The van der Waals surface area contributed by atoms with Crippen LogP contribution in [0.5, 0.6) is 5.75 Å². The predicted molar refractivity (Wildman–Crippen MR) is 78.4 cm³/mol. The average Bonchev–Trinajstić information content (AvgIpc) is 2.41. The Morgan fingerprint density at radius 1 is 1.42 bits per heavy atom. The standard InChI is InChI=1S/C13H17N3O2S/c14-13(19)16-15-9-10-3-1-2-4-12(10)18-11-5-7-17-8-6-11/h1-4,9,11H,5-8H2,(H3,14,16,19). The van der Waals surface area contributed by atoms with Gasteiger partial charge >= 0.3 is 0 Å². The van der Waals surface area contributed by atoms with Gasteiger partial charge in [-0.3, -0.25) is 5.43 Å². The lowest BCUT2D eigenvalue weighted by Gasteiger charge is -2.24. The fourth-order valence-corrected chi connectivity index (χ4v) is 1.89. The smallest absolute Gasteiger partial charge is 0.184 e. The van der Waals surface area contributed by atoms with Gasteiger partial charge in [-0.05, 0) is 24.4 Å². The molecule has 0 unspecified atom stereocenters. The van der Waals surface area contributed by atoms with E-state index in [0.717, 1.165) is 37.4 Å². The Morgan fingerprint density at radius 2 is 2.16 bits per heavy atom. The Hall–Kier alpha value is -1.66. The summed E-state index contributed by atoms with van der Waals surface area (Å²) in [5.41, 5.74) is 8.72. The molecule has 5 nitrogen and oxygen atoms in total. The molecule has 1 fully saturated rings. The van der Waals surface area contributed by atoms with E-state index in [-0.39, 0.29) is 11.2 Å². The first kappa shape index (κ1) is 13.8. The van der Waals surface area contributed by atoms with Gasteiger partial charge in [0.15, 0.2) is 5.11 Å². The number of hydrazone groups is 1. The minimum atomic E-state index is 0.138. The first-order chi connectivity index (χ1) is 9.25. The van der Waals surface area contributed by atoms with Crippen LogP contribution in [0.4, 0.5) is 0 Å². The molecule has 0 aliphatic carbocycles. The Balaban J connectivity index is 2.02. The van der Waals surface area contributed by atoms with Crippen LogP contribution < -0.4 is 15.9 Å². The van der Waals surface area contributed by atoms with Crippen molar-refractivity contribution in [3.8, 4) is 5.75 Å². The second-order valence-electron chi connectivity index (χ2n) is 4.20. The molecular weight excluding hydrogens is 262 g/mol. The van der Waals surface area contributed by atoms with E-state index in [1.54, 1.807) is 6.21 Å². The zero-order chi connectivity index (χ0) is 13.5. The topological polar surface area (TPSA) is 68.9 Å². The fraction of sp³-hybridized carbons (Fsp3) is 0.385. The van der Waals surface area contributed by atoms with Gasteiger partial charge in [0.05, 0.1) is 19.4 Å². The summed E-state index contributed by atoms with van der Waals surface area (Å²) in [6.07, 6.45) is 3.67. The molecule has 1 heterocycles. The van der Waals surface area contributed by atoms with Crippen LogP contribution >= 0.6 is 12.2 Å². The number of nitrogens with one attached hydrogen (secondary N) is 1. The van der Waals surface area contributed by atoms with Crippen LogP contribution in [-0.4, -0.2) is 30.6 Å². The Bertz CT molecular complexity index is 459. The van der Waals surface area contributed by atoms with E-state index in [4.69, 9.17) is 15.2 Å². The predicted octanol–water partition coefficient (Wildman–Crippen LogP) is 1.41. The maximum atomic E-state index is 5.98. The van der Waals surface area contributed by atoms with Crippen LogP contribution in [0.1, 0.15) is 18.4 Å². The van der Waals surface area contributed by atoms with Gasteiger partial charge in [-0.1, -0.05) is 12.1 Å². The second-order valence-corrected chi connectivity index (χ2v) is 4.64. The molecule has 3 N–H and O–H groups in total. The summed E-state index contributed by atoms with van der Waals surface area (Å²) >= 11 is 4.68. The monoisotopic (exact) mass is 279 g/mol. The van der Waals surface area contributed by atoms with Gasteiger partial charge in [0.25, 0.3) is 0 Å². The van der Waals surface area contributed by atoms with Crippen LogP contribution in [0.2, 0.25) is 0 Å². The van der Waals surface area contributed by atoms with Crippen molar-refractivity contribution in [1.82, 2.24) is 5.43 Å². The molecule has 1 aromatic carbocycles. The van der Waals surface area contributed by atoms with Crippen molar-refractivity contribution in [2.45, 2.75) is 18.9 Å². The van der Waals surface area contributed by atoms with Gasteiger partial charge in [0.2, 0.25) is 0 Å². The molecule has 1 aliphatic heterocycles. The molecule has 2 rings (SSSR count). The van der Waals surface area contributed by atoms with E-state index in [9.17, 15) is 0 Å². The molecule has 0 atom stereocenters. The van der Waals surface area contributed by atoms with Crippen molar-refractivity contribution in [3.63, 3.8) is 0 Å². The third-order valence-electron chi connectivity index (χ3n) is 2.76. The highest BCUT2D eigenvalue weighted by Gasteiger charge is 2.16. The molecule has 102 valence electrons. The molecule has 1 aliphatic rings. The lowest BCUT2D eigenvalue weighted by Crippen LogP contribution is -2.26. The molecule has 19 heavy (non-hydrogen) atoms. The van der Waals surface area contributed by atoms with Gasteiger partial charge in [-0.25, -0.2) is 0 Å². The highest BCUT2D eigenvalue weighted by molar-refractivity contribution is 7.80. The van der Waals surface area contributed by atoms with Crippen molar-refractivity contribution in [3.05, 3.63) is 29.8 Å². The molecule has 6 heteroatoms. The molecular formula is C13H17N3O2S. The number of nitrogens with zero attached hydrogens (tertiary/aromatic N) is 1. The third-order valence-corrected chi connectivity index (χ3v) is 2.85. The van der Waals surface area contributed by atoms with Crippen molar-refractivity contribution < 1.29 is 9.47 Å². The normalized spacial score (nSPS) is 16.4. The minimum Gasteiger partial charge on any atom is -0.490 e. The first-order valence-corrected chi connectivity index (χ1v) is 6.58. The van der Waals surface area contributed by atoms with Crippen LogP contribution in [0.15, 0.2) is 29.4 Å². The van der Waals surface area contributed by atoms with E-state index in [1.807, 2.05) is 24.3 Å². The van der Waals surface area contributed by atoms with Crippen molar-refractivity contribution in [1.29, 1.82) is 0 Å². The molecule has 0 aromatic heterocycles. The number of benzene rings is 1. The van der Waals surface area contributed by atoms with Crippen molar-refractivity contribution >= 4 is 23.5 Å². The van der Waals surface area contributed by atoms with Crippen LogP contribution in [-0.2, 0) is 4.74 Å². The summed E-state index contributed by atoms with van der Waals surface area (Å²) in [7, 11) is 0. The van der Waals surface area contributed by atoms with Crippen LogP contribution in [0.3, 0.4) is 0 Å². The highest BCUT2D eigenvalue weighted by atomic mass is 32.1. The van der Waals surface area contributed by atoms with Crippen LogP contribution in [0.25, 0.3) is 0 Å². The summed E-state index contributed by atoms with van der Waals surface area (Å²) in [6, 6.07) is 7.73. The number of para-hydroxylation sites is 1. The number of thiocarbonyl (C=S) groups is 1. The highest BCUT2D eigenvalue weighted by Crippen LogP contribution is 2.21. The van der Waals surface area contributed by atoms with E-state index in [0.29, 0.717) is 0 Å². The fourth-order valence-electron chi connectivity index (χ4n) is 1.83. The average molecular weight is 279 g/mol. The SMILES string of the molecule is NC(=S)NN=Cc1ccccc1OC1CCOCC1. The maximum absolute atomic E-state index is 5.98.